The maximum Gasteiger partial charge on any atom is 0.248 e. The molecule has 2 heterocycles. The molecule has 0 aliphatic carbocycles. The van der Waals surface area contributed by atoms with Crippen molar-refractivity contribution in [3.63, 3.8) is 0 Å². The van der Waals surface area contributed by atoms with E-state index in [9.17, 15) is 4.79 Å². The molecule has 0 atom stereocenters. The first kappa shape index (κ1) is 21.6. The first-order valence-electron chi connectivity index (χ1n) is 10.8. The van der Waals surface area contributed by atoms with E-state index in [4.69, 9.17) is 9.47 Å². The molecule has 0 aromatic carbocycles. The van der Waals surface area contributed by atoms with Gasteiger partial charge in [0.05, 0.1) is 0 Å². The van der Waals surface area contributed by atoms with Crippen LogP contribution in [0.4, 0.5) is 0 Å². The molecule has 1 amide bonds. The highest BCUT2D eigenvalue weighted by Crippen LogP contribution is 2.24. The summed E-state index contributed by atoms with van der Waals surface area (Å²) in [6.45, 7) is 14.6. The lowest BCUT2D eigenvalue weighted by Gasteiger charge is -2.33. The van der Waals surface area contributed by atoms with Crippen LogP contribution < -0.4 is 0 Å². The van der Waals surface area contributed by atoms with Crippen molar-refractivity contribution in [3.05, 3.63) is 0 Å². The van der Waals surface area contributed by atoms with E-state index in [-0.39, 0.29) is 12.5 Å². The van der Waals surface area contributed by atoms with Gasteiger partial charge in [-0.15, -0.1) is 0 Å². The Hall–Kier alpha value is -0.650. The van der Waals surface area contributed by atoms with Crippen LogP contribution in [0.2, 0.25) is 0 Å². The predicted octanol–water partition coefficient (Wildman–Crippen LogP) is 3.04. The third-order valence-corrected chi connectivity index (χ3v) is 6.15. The van der Waals surface area contributed by atoms with Crippen LogP contribution in [0.25, 0.3) is 0 Å². The SMILES string of the molecule is CCN1CCC(COCCCOCC(=O)N2CCC(C(C)C)CC2)CC1. The van der Waals surface area contributed by atoms with Crippen LogP contribution in [-0.2, 0) is 14.3 Å². The number of carbonyl (C=O) groups excluding carboxylic acids is 1. The quantitative estimate of drug-likeness (QED) is 0.556. The van der Waals surface area contributed by atoms with Crippen LogP contribution in [0, 0.1) is 17.8 Å². The summed E-state index contributed by atoms with van der Waals surface area (Å²) < 4.78 is 11.4. The summed E-state index contributed by atoms with van der Waals surface area (Å²) in [6, 6.07) is 0. The molecule has 2 fully saturated rings. The van der Waals surface area contributed by atoms with Crippen molar-refractivity contribution in [2.75, 3.05) is 59.2 Å². The second-order valence-electron chi connectivity index (χ2n) is 8.32. The Labute approximate surface area is 160 Å². The molecule has 152 valence electrons. The van der Waals surface area contributed by atoms with Crippen LogP contribution >= 0.6 is 0 Å². The molecule has 5 heteroatoms. The van der Waals surface area contributed by atoms with Gasteiger partial charge in [0.15, 0.2) is 0 Å². The van der Waals surface area contributed by atoms with Crippen molar-refractivity contribution in [2.24, 2.45) is 17.8 Å². The van der Waals surface area contributed by atoms with Gasteiger partial charge in [-0.05, 0) is 69.5 Å². The number of nitrogens with zero attached hydrogens (tertiary/aromatic N) is 2. The van der Waals surface area contributed by atoms with Gasteiger partial charge in [-0.1, -0.05) is 20.8 Å². The van der Waals surface area contributed by atoms with Crippen molar-refractivity contribution in [1.29, 1.82) is 0 Å². The van der Waals surface area contributed by atoms with Gasteiger partial charge in [-0.25, -0.2) is 0 Å². The molecule has 0 aromatic heterocycles. The molecule has 0 N–H and O–H groups in total. The third kappa shape index (κ3) is 7.53. The minimum absolute atomic E-state index is 0.149. The van der Waals surface area contributed by atoms with E-state index < -0.39 is 0 Å². The predicted molar refractivity (Wildman–Crippen MR) is 105 cm³/mol. The molecule has 5 nitrogen and oxygen atoms in total. The normalized spacial score (nSPS) is 20.8. The third-order valence-electron chi connectivity index (χ3n) is 6.15. The minimum atomic E-state index is 0.149. The summed E-state index contributed by atoms with van der Waals surface area (Å²) in [7, 11) is 0. The van der Waals surface area contributed by atoms with E-state index in [1.54, 1.807) is 0 Å². The van der Waals surface area contributed by atoms with Crippen LogP contribution in [0.15, 0.2) is 0 Å². The monoisotopic (exact) mass is 368 g/mol. The van der Waals surface area contributed by atoms with Gasteiger partial charge in [-0.2, -0.15) is 0 Å². The fraction of sp³-hybridized carbons (Fsp3) is 0.952. The molecule has 0 unspecified atom stereocenters. The lowest BCUT2D eigenvalue weighted by molar-refractivity contribution is -0.137. The Morgan fingerprint density at radius 2 is 1.65 bits per heavy atom. The molecular formula is C21H40N2O3. The average molecular weight is 369 g/mol. The fourth-order valence-electron chi connectivity index (χ4n) is 4.05. The Kier molecular flexibility index (Phi) is 9.94. The summed E-state index contributed by atoms with van der Waals surface area (Å²) >= 11 is 0. The van der Waals surface area contributed by atoms with E-state index in [1.807, 2.05) is 4.90 Å². The number of rotatable bonds is 10. The zero-order valence-corrected chi connectivity index (χ0v) is 17.3. The second kappa shape index (κ2) is 11.9. The summed E-state index contributed by atoms with van der Waals surface area (Å²) in [5.74, 6) is 2.36. The van der Waals surface area contributed by atoms with E-state index in [1.165, 1.54) is 32.5 Å². The smallest absolute Gasteiger partial charge is 0.248 e. The minimum Gasteiger partial charge on any atom is -0.381 e. The largest absolute Gasteiger partial charge is 0.381 e. The van der Waals surface area contributed by atoms with Crippen LogP contribution in [0.5, 0.6) is 0 Å². The summed E-state index contributed by atoms with van der Waals surface area (Å²) in [4.78, 5) is 16.7. The zero-order chi connectivity index (χ0) is 18.8. The number of likely N-dealkylation sites (tertiary alicyclic amines) is 2. The van der Waals surface area contributed by atoms with Crippen LogP contribution in [0.3, 0.4) is 0 Å². The molecule has 2 aliphatic rings. The molecule has 26 heavy (non-hydrogen) atoms. The molecule has 0 radical (unpaired) electrons. The number of amides is 1. The topological polar surface area (TPSA) is 42.0 Å². The molecule has 2 rings (SSSR count). The van der Waals surface area contributed by atoms with E-state index >= 15 is 0 Å². The van der Waals surface area contributed by atoms with Crippen molar-refractivity contribution in [1.82, 2.24) is 9.80 Å². The number of piperidine rings is 2. The van der Waals surface area contributed by atoms with Gasteiger partial charge in [-0.3, -0.25) is 4.79 Å². The van der Waals surface area contributed by atoms with Crippen LogP contribution in [-0.4, -0.2) is 74.9 Å². The number of hydrogen-bond acceptors (Lipinski definition) is 4. The number of ether oxygens (including phenoxy) is 2. The highest BCUT2D eigenvalue weighted by molar-refractivity contribution is 5.77. The highest BCUT2D eigenvalue weighted by atomic mass is 16.5. The lowest BCUT2D eigenvalue weighted by Crippen LogP contribution is -2.41. The number of carbonyl (C=O) groups is 1. The van der Waals surface area contributed by atoms with E-state index in [2.05, 4.69) is 25.7 Å². The molecule has 2 saturated heterocycles. The Bertz CT molecular complexity index is 387. The van der Waals surface area contributed by atoms with Gasteiger partial charge < -0.3 is 19.3 Å². The molecule has 0 saturated carbocycles. The van der Waals surface area contributed by atoms with Gasteiger partial charge in [0.1, 0.15) is 6.61 Å². The van der Waals surface area contributed by atoms with Crippen molar-refractivity contribution < 1.29 is 14.3 Å². The molecule has 0 bridgehead atoms. The molecule has 0 spiro atoms. The Balaban J connectivity index is 1.43. The second-order valence-corrected chi connectivity index (χ2v) is 8.32. The van der Waals surface area contributed by atoms with Crippen molar-refractivity contribution >= 4 is 5.91 Å². The highest BCUT2D eigenvalue weighted by Gasteiger charge is 2.24. The Morgan fingerprint density at radius 3 is 2.27 bits per heavy atom. The van der Waals surface area contributed by atoms with Gasteiger partial charge >= 0.3 is 0 Å². The standard InChI is InChI=1S/C21H40N2O3/c1-4-22-10-6-19(7-11-22)16-25-14-5-15-26-17-21(24)23-12-8-20(9-13-23)18(2)3/h18-20H,4-17H2,1-3H3. The summed E-state index contributed by atoms with van der Waals surface area (Å²) in [5, 5.41) is 0. The maximum absolute atomic E-state index is 12.2. The van der Waals surface area contributed by atoms with Crippen LogP contribution in [0.1, 0.15) is 52.9 Å². The summed E-state index contributed by atoms with van der Waals surface area (Å²) in [5.41, 5.74) is 0. The van der Waals surface area contributed by atoms with E-state index in [0.717, 1.165) is 57.4 Å². The zero-order valence-electron chi connectivity index (χ0n) is 17.3. The number of hydrogen-bond donors (Lipinski definition) is 0. The first-order valence-corrected chi connectivity index (χ1v) is 10.8. The van der Waals surface area contributed by atoms with E-state index in [0.29, 0.717) is 12.5 Å². The van der Waals surface area contributed by atoms with Gasteiger partial charge in [0.2, 0.25) is 5.91 Å². The van der Waals surface area contributed by atoms with Crippen molar-refractivity contribution in [2.45, 2.75) is 52.9 Å². The first-order chi connectivity index (χ1) is 12.6. The fourth-order valence-corrected chi connectivity index (χ4v) is 4.05. The van der Waals surface area contributed by atoms with Gasteiger partial charge in [0.25, 0.3) is 0 Å². The van der Waals surface area contributed by atoms with Crippen molar-refractivity contribution in [3.8, 4) is 0 Å². The lowest BCUT2D eigenvalue weighted by atomic mass is 9.87. The Morgan fingerprint density at radius 1 is 1.00 bits per heavy atom. The maximum atomic E-state index is 12.2. The molecule has 0 aromatic rings. The average Bonchev–Trinajstić information content (AvgIpc) is 2.67. The van der Waals surface area contributed by atoms with Gasteiger partial charge in [0, 0.05) is 32.9 Å². The molecular weight excluding hydrogens is 328 g/mol. The molecule has 2 aliphatic heterocycles. The summed E-state index contributed by atoms with van der Waals surface area (Å²) in [6.07, 6.45) is 5.65.